The topological polar surface area (TPSA) is 101 Å². The average molecular weight is 517 g/mol. The molecule has 0 spiro atoms. The summed E-state index contributed by atoms with van der Waals surface area (Å²) in [6.07, 6.45) is 1.18. The Morgan fingerprint density at radius 3 is 2.68 bits per heavy atom. The van der Waals surface area contributed by atoms with Crippen LogP contribution in [-0.2, 0) is 6.42 Å². The molecule has 0 unspecified atom stereocenters. The lowest BCUT2D eigenvalue weighted by atomic mass is 9.94. The van der Waals surface area contributed by atoms with Gasteiger partial charge >= 0.3 is 5.97 Å². The first-order valence-corrected chi connectivity index (χ1v) is 13.1. The number of aromatic nitrogens is 1. The molecule has 1 aliphatic heterocycles. The predicted molar refractivity (Wildman–Crippen MR) is 143 cm³/mol. The van der Waals surface area contributed by atoms with E-state index in [4.69, 9.17) is 9.47 Å². The van der Waals surface area contributed by atoms with Crippen molar-refractivity contribution < 1.29 is 24.5 Å². The van der Waals surface area contributed by atoms with Crippen molar-refractivity contribution in [1.29, 1.82) is 0 Å². The zero-order chi connectivity index (χ0) is 25.6. The van der Waals surface area contributed by atoms with Gasteiger partial charge in [-0.3, -0.25) is 0 Å². The van der Waals surface area contributed by atoms with Crippen molar-refractivity contribution in [3.63, 3.8) is 0 Å². The smallest absolute Gasteiger partial charge is 0.355 e. The molecule has 7 nitrogen and oxygen atoms in total. The number of thiazole rings is 1. The van der Waals surface area contributed by atoms with Crippen molar-refractivity contribution in [2.75, 3.05) is 19.7 Å². The number of carboxylic acid groups (broad SMARTS) is 1. The monoisotopic (exact) mass is 516 g/mol. The largest absolute Gasteiger partial charge is 0.491 e. The average Bonchev–Trinajstić information content (AvgIpc) is 3.43. The molecule has 0 amide bonds. The van der Waals surface area contributed by atoms with Gasteiger partial charge in [0, 0.05) is 24.0 Å². The number of carboxylic acids is 1. The van der Waals surface area contributed by atoms with Crippen LogP contribution in [0, 0.1) is 0 Å². The molecular formula is C29H28N2O5S. The quantitative estimate of drug-likeness (QED) is 0.276. The Morgan fingerprint density at radius 2 is 1.89 bits per heavy atom. The van der Waals surface area contributed by atoms with Crippen LogP contribution < -0.4 is 14.8 Å². The molecule has 8 heteroatoms. The Kier molecular flexibility index (Phi) is 7.79. The second-order valence-corrected chi connectivity index (χ2v) is 9.78. The van der Waals surface area contributed by atoms with Crippen LogP contribution in [0.5, 0.6) is 11.5 Å². The van der Waals surface area contributed by atoms with E-state index < -0.39 is 12.1 Å². The Bertz CT molecular complexity index is 1360. The lowest BCUT2D eigenvalue weighted by Gasteiger charge is -2.27. The minimum absolute atomic E-state index is 0.0256. The number of ether oxygens (including phenoxy) is 2. The molecule has 2 atom stereocenters. The van der Waals surface area contributed by atoms with Gasteiger partial charge in [0.25, 0.3) is 0 Å². The van der Waals surface area contributed by atoms with Crippen molar-refractivity contribution in [3.8, 4) is 33.2 Å². The van der Waals surface area contributed by atoms with Gasteiger partial charge in [0.1, 0.15) is 35.3 Å². The third kappa shape index (κ3) is 6.17. The van der Waals surface area contributed by atoms with E-state index in [2.05, 4.69) is 16.4 Å². The van der Waals surface area contributed by atoms with E-state index in [1.165, 1.54) is 11.3 Å². The summed E-state index contributed by atoms with van der Waals surface area (Å²) >= 11 is 1.33. The minimum atomic E-state index is -1.02. The van der Waals surface area contributed by atoms with E-state index in [9.17, 15) is 15.0 Å². The Morgan fingerprint density at radius 1 is 1.11 bits per heavy atom. The highest BCUT2D eigenvalue weighted by Gasteiger charge is 2.21. The molecule has 0 aliphatic carbocycles. The highest BCUT2D eigenvalue weighted by Crippen LogP contribution is 2.37. The number of hydrogen-bond acceptors (Lipinski definition) is 7. The van der Waals surface area contributed by atoms with Crippen LogP contribution in [0.4, 0.5) is 0 Å². The fraction of sp³-hybridized carbons (Fsp3) is 0.241. The van der Waals surface area contributed by atoms with Crippen LogP contribution in [0.15, 0.2) is 78.2 Å². The van der Waals surface area contributed by atoms with Gasteiger partial charge in [-0.1, -0.05) is 48.5 Å². The summed E-state index contributed by atoms with van der Waals surface area (Å²) in [6.45, 7) is 1.30. The molecule has 0 saturated carbocycles. The molecule has 4 aromatic rings. The number of para-hydroxylation sites is 1. The number of benzene rings is 3. The second-order valence-electron chi connectivity index (χ2n) is 8.93. The molecule has 1 aliphatic rings. The van der Waals surface area contributed by atoms with E-state index >= 15 is 0 Å². The number of fused-ring (bicyclic) bond motifs is 1. The van der Waals surface area contributed by atoms with Crippen molar-refractivity contribution in [2.45, 2.75) is 25.0 Å². The first-order chi connectivity index (χ1) is 18.1. The number of carbonyl (C=O) groups is 1. The normalized spacial score (nSPS) is 15.4. The molecule has 3 N–H and O–H groups in total. The maximum atomic E-state index is 11.3. The molecule has 37 heavy (non-hydrogen) atoms. The van der Waals surface area contributed by atoms with Gasteiger partial charge in [-0.25, -0.2) is 9.78 Å². The third-order valence-electron chi connectivity index (χ3n) is 6.22. The van der Waals surface area contributed by atoms with Crippen molar-refractivity contribution >= 4 is 17.3 Å². The zero-order valence-corrected chi connectivity index (χ0v) is 21.0. The number of aromatic carboxylic acids is 1. The summed E-state index contributed by atoms with van der Waals surface area (Å²) in [5.74, 6) is 0.590. The number of rotatable bonds is 10. The Labute approximate surface area is 219 Å². The fourth-order valence-electron chi connectivity index (χ4n) is 4.35. The van der Waals surface area contributed by atoms with E-state index in [0.717, 1.165) is 46.6 Å². The first kappa shape index (κ1) is 25.0. The minimum Gasteiger partial charge on any atom is -0.491 e. The molecule has 0 radical (unpaired) electrons. The van der Waals surface area contributed by atoms with Crippen LogP contribution >= 0.6 is 11.3 Å². The SMILES string of the molecule is O=C(O)c1csc(-c2ccccc2-c2ccc3c(c2)CC[C@H](CNC[C@H](O)COc2ccccc2)O3)n1. The summed E-state index contributed by atoms with van der Waals surface area (Å²) in [6, 6.07) is 23.5. The van der Waals surface area contributed by atoms with Crippen molar-refractivity contribution in [2.24, 2.45) is 0 Å². The molecule has 5 rings (SSSR count). The van der Waals surface area contributed by atoms with Gasteiger partial charge in [-0.05, 0) is 53.8 Å². The summed E-state index contributed by atoms with van der Waals surface area (Å²) in [7, 11) is 0. The summed E-state index contributed by atoms with van der Waals surface area (Å²) in [4.78, 5) is 15.6. The van der Waals surface area contributed by atoms with Gasteiger partial charge in [0.05, 0.1) is 0 Å². The molecule has 0 bridgehead atoms. The molecule has 1 aromatic heterocycles. The van der Waals surface area contributed by atoms with E-state index in [-0.39, 0.29) is 18.4 Å². The number of nitrogens with zero attached hydrogens (tertiary/aromatic N) is 1. The van der Waals surface area contributed by atoms with Gasteiger partial charge in [-0.2, -0.15) is 0 Å². The zero-order valence-electron chi connectivity index (χ0n) is 20.2. The molecule has 0 saturated heterocycles. The van der Waals surface area contributed by atoms with Gasteiger partial charge in [0.15, 0.2) is 5.69 Å². The first-order valence-electron chi connectivity index (χ1n) is 12.2. The molecule has 3 aromatic carbocycles. The van der Waals surface area contributed by atoms with Crippen LogP contribution in [0.25, 0.3) is 21.7 Å². The van der Waals surface area contributed by atoms with E-state index in [0.29, 0.717) is 18.1 Å². The second kappa shape index (κ2) is 11.6. The molecule has 2 heterocycles. The number of aryl methyl sites for hydroxylation is 1. The fourth-order valence-corrected chi connectivity index (χ4v) is 5.18. The van der Waals surface area contributed by atoms with Crippen molar-refractivity contribution in [1.82, 2.24) is 10.3 Å². The lowest BCUT2D eigenvalue weighted by Crippen LogP contribution is -2.39. The van der Waals surface area contributed by atoms with Gasteiger partial charge < -0.3 is 25.0 Å². The summed E-state index contributed by atoms with van der Waals surface area (Å²) < 4.78 is 11.8. The number of hydrogen-bond donors (Lipinski definition) is 3. The molecule has 0 fully saturated rings. The standard InChI is InChI=1S/C29H28N2O5S/c32-21(17-35-22-6-2-1-3-7-22)15-30-16-23-12-10-20-14-19(11-13-27(20)36-23)24-8-4-5-9-25(24)28-31-26(18-37-28)29(33)34/h1-9,11,13-14,18,21,23,30,32H,10,12,15-17H2,(H,33,34)/t21-,23+/m0/s1. The highest BCUT2D eigenvalue weighted by atomic mass is 32.1. The molecule has 190 valence electrons. The molecular weight excluding hydrogens is 488 g/mol. The van der Waals surface area contributed by atoms with E-state index in [1.54, 1.807) is 5.38 Å². The summed E-state index contributed by atoms with van der Waals surface area (Å²) in [5, 5.41) is 25.0. The third-order valence-corrected chi connectivity index (χ3v) is 7.09. The number of nitrogens with one attached hydrogen (secondary N) is 1. The number of aliphatic hydroxyl groups is 1. The summed E-state index contributed by atoms with van der Waals surface area (Å²) in [5.41, 5.74) is 4.17. The highest BCUT2D eigenvalue weighted by molar-refractivity contribution is 7.13. The number of aliphatic hydroxyl groups excluding tert-OH is 1. The van der Waals surface area contributed by atoms with Crippen LogP contribution in [0.2, 0.25) is 0 Å². The van der Waals surface area contributed by atoms with Crippen molar-refractivity contribution in [3.05, 3.63) is 89.4 Å². The van der Waals surface area contributed by atoms with Crippen LogP contribution in [0.1, 0.15) is 22.5 Å². The van der Waals surface area contributed by atoms with Crippen LogP contribution in [-0.4, -0.2) is 53.1 Å². The predicted octanol–water partition coefficient (Wildman–Crippen LogP) is 4.90. The van der Waals surface area contributed by atoms with E-state index in [1.807, 2.05) is 66.7 Å². The van der Waals surface area contributed by atoms with Crippen LogP contribution in [0.3, 0.4) is 0 Å². The lowest BCUT2D eigenvalue weighted by molar-refractivity contribution is 0.0691. The maximum absolute atomic E-state index is 11.3. The Hall–Kier alpha value is -3.72. The van der Waals surface area contributed by atoms with Gasteiger partial charge in [0.2, 0.25) is 0 Å². The Balaban J connectivity index is 1.18. The maximum Gasteiger partial charge on any atom is 0.355 e. The van der Waals surface area contributed by atoms with Gasteiger partial charge in [-0.15, -0.1) is 11.3 Å².